The van der Waals surface area contributed by atoms with E-state index in [1.807, 2.05) is 6.07 Å². The number of nitro groups is 1. The molecule has 0 atom stereocenters. The number of methoxy groups -OCH3 is 1. The van der Waals surface area contributed by atoms with E-state index in [-0.39, 0.29) is 18.9 Å². The molecular formula is C14H14N2O6. The molecule has 1 heterocycles. The molecule has 8 nitrogen and oxygen atoms in total. The van der Waals surface area contributed by atoms with Crippen molar-refractivity contribution in [2.45, 2.75) is 0 Å². The van der Waals surface area contributed by atoms with E-state index < -0.39 is 16.7 Å². The molecular weight excluding hydrogens is 292 g/mol. The van der Waals surface area contributed by atoms with Gasteiger partial charge in [-0.15, -0.1) is 0 Å². The van der Waals surface area contributed by atoms with E-state index in [0.717, 1.165) is 6.07 Å². The molecule has 0 saturated carbocycles. The number of rotatable bonds is 7. The Morgan fingerprint density at radius 2 is 2.00 bits per heavy atom. The van der Waals surface area contributed by atoms with Crippen molar-refractivity contribution in [1.29, 1.82) is 0 Å². The molecule has 2 rings (SSSR count). The lowest BCUT2D eigenvalue weighted by Gasteiger charge is -2.10. The Morgan fingerprint density at radius 3 is 2.64 bits per heavy atom. The predicted octanol–water partition coefficient (Wildman–Crippen LogP) is 2.01. The third-order valence-electron chi connectivity index (χ3n) is 2.71. The van der Waals surface area contributed by atoms with Gasteiger partial charge in [0, 0.05) is 0 Å². The summed E-state index contributed by atoms with van der Waals surface area (Å²) in [5.41, 5.74) is 0. The highest BCUT2D eigenvalue weighted by molar-refractivity contribution is 5.91. The largest absolute Gasteiger partial charge is 0.493 e. The van der Waals surface area contributed by atoms with Crippen molar-refractivity contribution in [3.63, 3.8) is 0 Å². The first-order valence-corrected chi connectivity index (χ1v) is 6.40. The van der Waals surface area contributed by atoms with Crippen LogP contribution in [0.3, 0.4) is 0 Å². The van der Waals surface area contributed by atoms with E-state index in [1.54, 1.807) is 18.2 Å². The Labute approximate surface area is 125 Å². The van der Waals surface area contributed by atoms with Crippen LogP contribution >= 0.6 is 0 Å². The maximum atomic E-state index is 11.7. The smallest absolute Gasteiger partial charge is 0.433 e. The molecule has 1 N–H and O–H groups in total. The van der Waals surface area contributed by atoms with Gasteiger partial charge in [0.05, 0.1) is 19.7 Å². The summed E-state index contributed by atoms with van der Waals surface area (Å²) >= 11 is 0. The molecule has 0 aliphatic carbocycles. The van der Waals surface area contributed by atoms with Gasteiger partial charge in [0.15, 0.2) is 17.3 Å². The van der Waals surface area contributed by atoms with Crippen LogP contribution in [0.5, 0.6) is 11.5 Å². The van der Waals surface area contributed by atoms with Crippen LogP contribution in [0, 0.1) is 10.1 Å². The van der Waals surface area contributed by atoms with Gasteiger partial charge in [-0.05, 0) is 18.2 Å². The highest BCUT2D eigenvalue weighted by Crippen LogP contribution is 2.25. The van der Waals surface area contributed by atoms with E-state index >= 15 is 0 Å². The molecule has 1 aromatic heterocycles. The van der Waals surface area contributed by atoms with Crippen LogP contribution in [-0.2, 0) is 0 Å². The Kier molecular flexibility index (Phi) is 4.97. The number of carbonyl (C=O) groups is 1. The van der Waals surface area contributed by atoms with Crippen LogP contribution in [-0.4, -0.2) is 31.1 Å². The normalized spacial score (nSPS) is 10.0. The molecule has 0 saturated heterocycles. The fourth-order valence-corrected chi connectivity index (χ4v) is 1.70. The quantitative estimate of drug-likeness (QED) is 0.476. The van der Waals surface area contributed by atoms with Gasteiger partial charge in [-0.1, -0.05) is 12.1 Å². The SMILES string of the molecule is COc1ccccc1OCCNC(=O)c1ccc([N+](=O)[O-])o1. The number of benzene rings is 1. The average molecular weight is 306 g/mol. The van der Waals surface area contributed by atoms with Crippen molar-refractivity contribution in [2.75, 3.05) is 20.3 Å². The zero-order valence-electron chi connectivity index (χ0n) is 11.8. The highest BCUT2D eigenvalue weighted by atomic mass is 16.6. The molecule has 0 unspecified atom stereocenters. The summed E-state index contributed by atoms with van der Waals surface area (Å²) in [5.74, 6) is 0.0134. The van der Waals surface area contributed by atoms with Gasteiger partial charge >= 0.3 is 5.88 Å². The lowest BCUT2D eigenvalue weighted by atomic mass is 10.3. The van der Waals surface area contributed by atoms with E-state index in [9.17, 15) is 14.9 Å². The second-order valence-corrected chi connectivity index (χ2v) is 4.15. The van der Waals surface area contributed by atoms with Gasteiger partial charge < -0.3 is 19.2 Å². The number of amides is 1. The van der Waals surface area contributed by atoms with Crippen molar-refractivity contribution < 1.29 is 23.6 Å². The van der Waals surface area contributed by atoms with Crippen LogP contribution in [0.1, 0.15) is 10.6 Å². The monoisotopic (exact) mass is 306 g/mol. The number of hydrogen-bond acceptors (Lipinski definition) is 6. The summed E-state index contributed by atoms with van der Waals surface area (Å²) in [4.78, 5) is 21.5. The summed E-state index contributed by atoms with van der Waals surface area (Å²) < 4.78 is 15.4. The average Bonchev–Trinajstić information content (AvgIpc) is 3.02. The summed E-state index contributed by atoms with van der Waals surface area (Å²) in [6.45, 7) is 0.431. The fourth-order valence-electron chi connectivity index (χ4n) is 1.70. The standard InChI is InChI=1S/C14H14N2O6/c1-20-10-4-2-3-5-11(10)21-9-8-15-14(17)12-6-7-13(22-12)16(18)19/h2-7H,8-9H2,1H3,(H,15,17). The molecule has 1 amide bonds. The second kappa shape index (κ2) is 7.11. The Morgan fingerprint density at radius 1 is 1.27 bits per heavy atom. The molecule has 8 heteroatoms. The lowest BCUT2D eigenvalue weighted by Crippen LogP contribution is -2.27. The Bertz CT molecular complexity index is 667. The molecule has 0 fully saturated rings. The summed E-state index contributed by atoms with van der Waals surface area (Å²) in [6, 6.07) is 9.50. The predicted molar refractivity (Wildman–Crippen MR) is 76.2 cm³/mol. The minimum absolute atomic E-state index is 0.121. The molecule has 0 spiro atoms. The van der Waals surface area contributed by atoms with E-state index in [1.165, 1.54) is 13.2 Å². The van der Waals surface area contributed by atoms with Gasteiger partial charge in [0.2, 0.25) is 0 Å². The van der Waals surface area contributed by atoms with Gasteiger partial charge in [-0.25, -0.2) is 0 Å². The number of nitrogens with one attached hydrogen (secondary N) is 1. The van der Waals surface area contributed by atoms with Crippen molar-refractivity contribution in [3.05, 3.63) is 52.3 Å². The summed E-state index contributed by atoms with van der Waals surface area (Å²) in [7, 11) is 1.54. The number of carbonyl (C=O) groups excluding carboxylic acids is 1. The van der Waals surface area contributed by atoms with Crippen molar-refractivity contribution in [3.8, 4) is 11.5 Å². The third-order valence-corrected chi connectivity index (χ3v) is 2.71. The maximum absolute atomic E-state index is 11.7. The number of hydrogen-bond donors (Lipinski definition) is 1. The van der Waals surface area contributed by atoms with Gasteiger partial charge in [0.1, 0.15) is 11.5 Å². The van der Waals surface area contributed by atoms with Crippen molar-refractivity contribution in [2.24, 2.45) is 0 Å². The van der Waals surface area contributed by atoms with Crippen LogP contribution in [0.2, 0.25) is 0 Å². The van der Waals surface area contributed by atoms with E-state index in [4.69, 9.17) is 13.9 Å². The first-order valence-electron chi connectivity index (χ1n) is 6.40. The zero-order chi connectivity index (χ0) is 15.9. The first-order chi connectivity index (χ1) is 10.6. The summed E-state index contributed by atoms with van der Waals surface area (Å²) in [5, 5.41) is 13.0. The topological polar surface area (TPSA) is 104 Å². The molecule has 22 heavy (non-hydrogen) atoms. The third kappa shape index (κ3) is 3.75. The molecule has 2 aromatic rings. The molecule has 0 bridgehead atoms. The van der Waals surface area contributed by atoms with Crippen LogP contribution in [0.15, 0.2) is 40.8 Å². The highest BCUT2D eigenvalue weighted by Gasteiger charge is 2.16. The number of ether oxygens (including phenoxy) is 2. The van der Waals surface area contributed by atoms with Gasteiger partial charge in [-0.2, -0.15) is 0 Å². The van der Waals surface area contributed by atoms with Crippen LogP contribution < -0.4 is 14.8 Å². The Hall–Kier alpha value is -3.03. The second-order valence-electron chi connectivity index (χ2n) is 4.15. The number of furan rings is 1. The zero-order valence-corrected chi connectivity index (χ0v) is 11.8. The minimum Gasteiger partial charge on any atom is -0.493 e. The molecule has 116 valence electrons. The molecule has 0 aliphatic rings. The Balaban J connectivity index is 1.80. The van der Waals surface area contributed by atoms with Gasteiger partial charge in [0.25, 0.3) is 5.91 Å². The fraction of sp³-hybridized carbons (Fsp3) is 0.214. The van der Waals surface area contributed by atoms with E-state index in [2.05, 4.69) is 5.32 Å². The van der Waals surface area contributed by atoms with Crippen LogP contribution in [0.25, 0.3) is 0 Å². The molecule has 0 aliphatic heterocycles. The van der Waals surface area contributed by atoms with Crippen LogP contribution in [0.4, 0.5) is 5.88 Å². The number of nitrogens with zero attached hydrogens (tertiary/aromatic N) is 1. The van der Waals surface area contributed by atoms with Gasteiger partial charge in [-0.3, -0.25) is 14.9 Å². The van der Waals surface area contributed by atoms with Crippen molar-refractivity contribution >= 4 is 11.8 Å². The maximum Gasteiger partial charge on any atom is 0.433 e. The number of para-hydroxylation sites is 2. The lowest BCUT2D eigenvalue weighted by molar-refractivity contribution is -0.402. The van der Waals surface area contributed by atoms with Crippen molar-refractivity contribution in [1.82, 2.24) is 5.32 Å². The van der Waals surface area contributed by atoms with E-state index in [0.29, 0.717) is 11.5 Å². The molecule has 1 aromatic carbocycles. The molecule has 0 radical (unpaired) electrons. The summed E-state index contributed by atoms with van der Waals surface area (Å²) in [6.07, 6.45) is 0. The first kappa shape index (κ1) is 15.4. The minimum atomic E-state index is -0.707.